The number of hydrogen-bond donors (Lipinski definition) is 0. The van der Waals surface area contributed by atoms with Gasteiger partial charge in [0.2, 0.25) is 0 Å². The van der Waals surface area contributed by atoms with Crippen molar-refractivity contribution in [3.63, 3.8) is 0 Å². The average molecular weight is 542 g/mol. The second kappa shape index (κ2) is 10.4. The molecule has 12 heteroatoms. The zero-order chi connectivity index (χ0) is 27.9. The van der Waals surface area contributed by atoms with Crippen molar-refractivity contribution in [3.05, 3.63) is 60.1 Å². The minimum atomic E-state index is -0.631. The number of anilines is 1. The smallest absolute Gasteiger partial charge is 0.410 e. The van der Waals surface area contributed by atoms with Crippen LogP contribution in [0.5, 0.6) is 0 Å². The fraction of sp³-hybridized carbons (Fsp3) is 0.481. The number of piperazine rings is 1. The number of aromatic nitrogens is 3. The first-order chi connectivity index (χ1) is 18.5. The van der Waals surface area contributed by atoms with Crippen LogP contribution >= 0.6 is 0 Å². The van der Waals surface area contributed by atoms with Gasteiger partial charge in [-0.2, -0.15) is 5.10 Å². The number of halogens is 2. The maximum absolute atomic E-state index is 14.9. The van der Waals surface area contributed by atoms with Gasteiger partial charge in [0.05, 0.1) is 12.2 Å². The third-order valence-electron chi connectivity index (χ3n) is 6.99. The third-order valence-corrected chi connectivity index (χ3v) is 6.99. The zero-order valence-corrected chi connectivity index (χ0v) is 22.5. The molecule has 3 amide bonds. The normalized spacial score (nSPS) is 20.5. The highest BCUT2D eigenvalue weighted by atomic mass is 19.1. The van der Waals surface area contributed by atoms with Gasteiger partial charge in [0.25, 0.3) is 0 Å². The lowest BCUT2D eigenvalue weighted by atomic mass is 10.0. The minimum absolute atomic E-state index is 0.192. The van der Waals surface area contributed by atoms with E-state index in [0.717, 1.165) is 12.1 Å². The lowest BCUT2D eigenvalue weighted by molar-refractivity contribution is 0.00502. The van der Waals surface area contributed by atoms with E-state index in [4.69, 9.17) is 4.74 Å². The summed E-state index contributed by atoms with van der Waals surface area (Å²) in [5.74, 6) is -1.07. The fourth-order valence-electron chi connectivity index (χ4n) is 5.25. The van der Waals surface area contributed by atoms with Gasteiger partial charge in [-0.25, -0.2) is 37.9 Å². The molecule has 208 valence electrons. The molecule has 2 aromatic heterocycles. The maximum Gasteiger partial charge on any atom is 0.410 e. The van der Waals surface area contributed by atoms with E-state index >= 15 is 0 Å². The van der Waals surface area contributed by atoms with Crippen molar-refractivity contribution in [3.8, 4) is 0 Å². The Kier molecular flexibility index (Phi) is 7.15. The molecule has 0 radical (unpaired) electrons. The predicted molar refractivity (Wildman–Crippen MR) is 140 cm³/mol. The van der Waals surface area contributed by atoms with Gasteiger partial charge in [0.1, 0.15) is 22.9 Å². The summed E-state index contributed by atoms with van der Waals surface area (Å²) < 4.78 is 36.2. The highest BCUT2D eigenvalue weighted by Crippen LogP contribution is 2.38. The molecule has 2 saturated heterocycles. The Labute approximate surface area is 225 Å². The number of rotatable bonds is 3. The second-order valence-electron chi connectivity index (χ2n) is 11.0. The van der Waals surface area contributed by atoms with Gasteiger partial charge in [-0.3, -0.25) is 0 Å². The van der Waals surface area contributed by atoms with E-state index in [0.29, 0.717) is 37.3 Å². The fourth-order valence-corrected chi connectivity index (χ4v) is 5.25. The molecule has 0 spiro atoms. The van der Waals surface area contributed by atoms with Crippen molar-refractivity contribution in [1.82, 2.24) is 29.4 Å². The molecule has 2 atom stereocenters. The number of carbonyl (C=O) groups excluding carboxylic acids is 2. The summed E-state index contributed by atoms with van der Waals surface area (Å²) >= 11 is 0. The second-order valence-corrected chi connectivity index (χ2v) is 11.0. The summed E-state index contributed by atoms with van der Waals surface area (Å²) in [5, 5.41) is 7.63. The summed E-state index contributed by atoms with van der Waals surface area (Å²) in [7, 11) is 0. The number of hydrazine groups is 1. The number of carbonyl (C=O) groups is 2. The Hall–Kier alpha value is -3.80. The Bertz CT molecular complexity index is 1370. The van der Waals surface area contributed by atoms with Crippen molar-refractivity contribution >= 4 is 23.5 Å². The molecule has 3 aromatic rings. The number of nitrogens with zero attached hydrogens (tertiary/aromatic N) is 7. The molecule has 0 unspecified atom stereocenters. The first kappa shape index (κ1) is 26.8. The SMILES string of the molecule is C[C@H]1CN(C(=O)N(c2cnn3cccnc23)N2CCC[C@@H]2c2cc(F)ccc2F)CCN1C(=O)OC(C)(C)C. The largest absolute Gasteiger partial charge is 0.444 e. The van der Waals surface area contributed by atoms with Crippen LogP contribution in [-0.4, -0.2) is 79.4 Å². The number of hydrogen-bond acceptors (Lipinski definition) is 6. The van der Waals surface area contributed by atoms with E-state index < -0.39 is 29.4 Å². The van der Waals surface area contributed by atoms with E-state index in [-0.39, 0.29) is 30.7 Å². The number of amides is 3. The molecule has 0 bridgehead atoms. The van der Waals surface area contributed by atoms with Crippen molar-refractivity contribution < 1.29 is 23.1 Å². The molecule has 4 heterocycles. The molecule has 10 nitrogen and oxygen atoms in total. The van der Waals surface area contributed by atoms with Gasteiger partial charge in [-0.1, -0.05) is 0 Å². The average Bonchev–Trinajstić information content (AvgIpc) is 3.52. The standard InChI is InChI=1S/C27H33F2N7O3/c1-18-17-32(13-14-33(18)26(38)39-27(2,3)4)25(37)36(23-16-31-34-11-6-10-30-24(23)34)35-12-5-7-22(35)20-15-19(28)8-9-21(20)29/h6,8-11,15-16,18,22H,5,7,12-14,17H2,1-4H3/t18-,22+/m0/s1. The molecule has 39 heavy (non-hydrogen) atoms. The molecule has 2 fully saturated rings. The van der Waals surface area contributed by atoms with Crippen LogP contribution in [0.1, 0.15) is 52.1 Å². The maximum atomic E-state index is 14.9. The third kappa shape index (κ3) is 5.38. The van der Waals surface area contributed by atoms with Crippen LogP contribution in [-0.2, 0) is 4.74 Å². The predicted octanol–water partition coefficient (Wildman–Crippen LogP) is 4.63. The minimum Gasteiger partial charge on any atom is -0.444 e. The Balaban J connectivity index is 1.47. The van der Waals surface area contributed by atoms with Crippen LogP contribution in [0.2, 0.25) is 0 Å². The molecule has 2 aliphatic rings. The molecule has 0 saturated carbocycles. The van der Waals surface area contributed by atoms with Crippen LogP contribution in [0.3, 0.4) is 0 Å². The van der Waals surface area contributed by atoms with Gasteiger partial charge in [0, 0.05) is 50.2 Å². The monoisotopic (exact) mass is 541 g/mol. The zero-order valence-electron chi connectivity index (χ0n) is 22.5. The molecule has 0 N–H and O–H groups in total. The van der Waals surface area contributed by atoms with Crippen LogP contribution in [0.15, 0.2) is 42.9 Å². The van der Waals surface area contributed by atoms with Crippen LogP contribution < -0.4 is 5.01 Å². The van der Waals surface area contributed by atoms with Gasteiger partial charge < -0.3 is 14.5 Å². The quantitative estimate of drug-likeness (QED) is 0.481. The molecule has 0 aliphatic carbocycles. The summed E-state index contributed by atoms with van der Waals surface area (Å²) in [5.41, 5.74) is 0.453. The molecular weight excluding hydrogens is 508 g/mol. The topological polar surface area (TPSA) is 86.5 Å². The summed E-state index contributed by atoms with van der Waals surface area (Å²) in [6.07, 6.45) is 5.69. The van der Waals surface area contributed by atoms with E-state index in [1.807, 2.05) is 27.7 Å². The molecule has 5 rings (SSSR count). The van der Waals surface area contributed by atoms with Crippen molar-refractivity contribution in [2.24, 2.45) is 0 Å². The first-order valence-corrected chi connectivity index (χ1v) is 13.1. The van der Waals surface area contributed by atoms with E-state index in [2.05, 4.69) is 10.1 Å². The van der Waals surface area contributed by atoms with E-state index in [1.165, 1.54) is 11.1 Å². The Morgan fingerprint density at radius 1 is 1.15 bits per heavy atom. The number of benzene rings is 1. The first-order valence-electron chi connectivity index (χ1n) is 13.1. The summed E-state index contributed by atoms with van der Waals surface area (Å²) in [6, 6.07) is 3.91. The number of fused-ring (bicyclic) bond motifs is 1. The van der Waals surface area contributed by atoms with Crippen molar-refractivity contribution in [2.75, 3.05) is 31.2 Å². The summed E-state index contributed by atoms with van der Waals surface area (Å²) in [6.45, 7) is 8.59. The van der Waals surface area contributed by atoms with Crippen LogP contribution in [0.25, 0.3) is 5.65 Å². The molecular formula is C27H33F2N7O3. The number of ether oxygens (including phenoxy) is 1. The lowest BCUT2D eigenvalue weighted by Crippen LogP contribution is -2.60. The van der Waals surface area contributed by atoms with E-state index in [9.17, 15) is 18.4 Å². The van der Waals surface area contributed by atoms with Crippen molar-refractivity contribution in [2.45, 2.75) is 58.2 Å². The summed E-state index contributed by atoms with van der Waals surface area (Å²) in [4.78, 5) is 34.7. The van der Waals surface area contributed by atoms with Gasteiger partial charge in [0.15, 0.2) is 5.65 Å². The Morgan fingerprint density at radius 2 is 1.95 bits per heavy atom. The molecule has 1 aromatic carbocycles. The highest BCUT2D eigenvalue weighted by Gasteiger charge is 2.41. The van der Waals surface area contributed by atoms with Gasteiger partial charge in [-0.15, -0.1) is 0 Å². The van der Waals surface area contributed by atoms with Crippen molar-refractivity contribution in [1.29, 1.82) is 0 Å². The number of urea groups is 1. The van der Waals surface area contributed by atoms with E-state index in [1.54, 1.807) is 44.0 Å². The van der Waals surface area contributed by atoms with Crippen LogP contribution in [0, 0.1) is 11.6 Å². The highest BCUT2D eigenvalue weighted by molar-refractivity contribution is 5.95. The van der Waals surface area contributed by atoms with Gasteiger partial charge >= 0.3 is 12.1 Å². The Morgan fingerprint density at radius 3 is 2.69 bits per heavy atom. The van der Waals surface area contributed by atoms with Gasteiger partial charge in [-0.05, 0) is 64.8 Å². The lowest BCUT2D eigenvalue weighted by Gasteiger charge is -2.43. The van der Waals surface area contributed by atoms with Crippen LogP contribution in [0.4, 0.5) is 24.1 Å². The molecule has 2 aliphatic heterocycles.